The van der Waals surface area contributed by atoms with Gasteiger partial charge in [0.1, 0.15) is 6.04 Å². The molecule has 2 unspecified atom stereocenters. The van der Waals surface area contributed by atoms with Gasteiger partial charge in [-0.2, -0.15) is 44.3 Å². The third kappa shape index (κ3) is 8.52. The molecule has 0 radical (unpaired) electrons. The fraction of sp³-hybridized carbons (Fsp3) is 0.548. The van der Waals surface area contributed by atoms with Crippen LogP contribution in [0.2, 0.25) is 0 Å². The highest BCUT2D eigenvalue weighted by Crippen LogP contribution is 2.47. The lowest BCUT2D eigenvalue weighted by Gasteiger charge is -2.48. The molecule has 5 rings (SSSR count). The molecular formula is C31H34ClF9N6O2. The summed E-state index contributed by atoms with van der Waals surface area (Å²) < 4.78 is 126. The van der Waals surface area contributed by atoms with Crippen LogP contribution >= 0.6 is 12.4 Å². The number of carboxylic acids is 1. The summed E-state index contributed by atoms with van der Waals surface area (Å²) >= 11 is 0. The van der Waals surface area contributed by atoms with Crippen molar-refractivity contribution in [2.45, 2.75) is 76.1 Å². The molecule has 1 N–H and O–H groups in total. The van der Waals surface area contributed by atoms with Crippen LogP contribution in [0.4, 0.5) is 50.9 Å². The molecule has 8 nitrogen and oxygen atoms in total. The number of carbonyl (C=O) groups is 1. The van der Waals surface area contributed by atoms with E-state index in [1.807, 2.05) is 11.8 Å². The zero-order chi connectivity index (χ0) is 35.2. The van der Waals surface area contributed by atoms with Crippen molar-refractivity contribution in [3.8, 4) is 0 Å². The van der Waals surface area contributed by atoms with Gasteiger partial charge in [-0.25, -0.2) is 0 Å². The maximum absolute atomic E-state index is 14.1. The number of nitrogens with zero attached hydrogens (tertiary/aromatic N) is 6. The van der Waals surface area contributed by atoms with Crippen molar-refractivity contribution in [2.75, 3.05) is 22.9 Å². The van der Waals surface area contributed by atoms with Gasteiger partial charge in [-0.3, -0.25) is 4.79 Å². The van der Waals surface area contributed by atoms with Crippen molar-refractivity contribution in [3.05, 3.63) is 64.5 Å². The summed E-state index contributed by atoms with van der Waals surface area (Å²) in [6, 6.07) is 2.08. The number of halogens is 10. The Kier molecular flexibility index (Phi) is 11.1. The second-order valence-corrected chi connectivity index (χ2v) is 12.4. The highest BCUT2D eigenvalue weighted by molar-refractivity contribution is 5.85. The Morgan fingerprint density at radius 2 is 1.43 bits per heavy atom. The second-order valence-electron chi connectivity index (χ2n) is 12.4. The van der Waals surface area contributed by atoms with Crippen LogP contribution in [0, 0.1) is 11.8 Å². The third-order valence-electron chi connectivity index (χ3n) is 9.13. The molecule has 2 heterocycles. The fourth-order valence-corrected chi connectivity index (χ4v) is 6.79. The highest BCUT2D eigenvalue weighted by atomic mass is 35.5. The number of aliphatic carboxylic acids is 1. The molecule has 0 bridgehead atoms. The molecule has 1 aromatic heterocycles. The molecule has 1 aliphatic heterocycles. The average molecular weight is 729 g/mol. The van der Waals surface area contributed by atoms with Crippen molar-refractivity contribution >= 4 is 29.8 Å². The lowest BCUT2D eigenvalue weighted by molar-refractivity contribution is -0.143. The van der Waals surface area contributed by atoms with Gasteiger partial charge in [0.05, 0.1) is 35.1 Å². The first kappa shape index (κ1) is 38.0. The first-order valence-corrected chi connectivity index (χ1v) is 15.3. The van der Waals surface area contributed by atoms with Crippen LogP contribution in [0.1, 0.15) is 79.6 Å². The Balaban J connectivity index is 0.00000541. The zero-order valence-electron chi connectivity index (χ0n) is 26.3. The molecule has 49 heavy (non-hydrogen) atoms. The number of hydrogen-bond acceptors (Lipinski definition) is 6. The predicted molar refractivity (Wildman–Crippen MR) is 162 cm³/mol. The molecule has 2 aromatic carbocycles. The van der Waals surface area contributed by atoms with E-state index >= 15 is 0 Å². The van der Waals surface area contributed by atoms with Gasteiger partial charge in [-0.15, -0.1) is 22.6 Å². The van der Waals surface area contributed by atoms with E-state index in [-0.39, 0.29) is 54.8 Å². The Morgan fingerprint density at radius 1 is 0.857 bits per heavy atom. The number of benzene rings is 2. The van der Waals surface area contributed by atoms with Crippen molar-refractivity contribution in [3.63, 3.8) is 0 Å². The molecular weight excluding hydrogens is 695 g/mol. The molecule has 0 amide bonds. The molecule has 2 atom stereocenters. The molecule has 0 spiro atoms. The number of alkyl halides is 9. The van der Waals surface area contributed by atoms with E-state index in [0.717, 1.165) is 16.9 Å². The largest absolute Gasteiger partial charge is 0.481 e. The summed E-state index contributed by atoms with van der Waals surface area (Å²) in [6.45, 7) is 2.16. The van der Waals surface area contributed by atoms with Gasteiger partial charge in [-0.1, -0.05) is 6.92 Å². The zero-order valence-corrected chi connectivity index (χ0v) is 27.1. The minimum atomic E-state index is -5.17. The van der Waals surface area contributed by atoms with E-state index in [0.29, 0.717) is 56.5 Å². The quantitative estimate of drug-likeness (QED) is 0.234. The monoisotopic (exact) mass is 728 g/mol. The molecule has 18 heteroatoms. The average Bonchev–Trinajstić information content (AvgIpc) is 3.42. The van der Waals surface area contributed by atoms with Crippen LogP contribution in [0.5, 0.6) is 0 Å². The number of anilines is 2. The van der Waals surface area contributed by atoms with Gasteiger partial charge in [0, 0.05) is 25.6 Å². The predicted octanol–water partition coefficient (Wildman–Crippen LogP) is 8.16. The van der Waals surface area contributed by atoms with Gasteiger partial charge < -0.3 is 14.9 Å². The minimum absolute atomic E-state index is 0. The van der Waals surface area contributed by atoms with E-state index in [1.165, 1.54) is 18.0 Å². The summed E-state index contributed by atoms with van der Waals surface area (Å²) in [4.78, 5) is 15.4. The number of hydrogen-bond donors (Lipinski definition) is 1. The number of tetrazole rings is 1. The highest BCUT2D eigenvalue weighted by Gasteiger charge is 2.43. The molecule has 2 aliphatic rings. The smallest absolute Gasteiger partial charge is 0.416 e. The molecule has 1 fully saturated rings. The lowest BCUT2D eigenvalue weighted by atomic mass is 9.80. The standard InChI is InChI=1S/C31H33F9N6O2.ClH/c1-3-23-16-46(27(28-41-43-44(2)42-28)19-11-21(30(35,36)37)13-22(12-19)31(38,39)40)25-14-20(29(32,33)34)8-9-24(25)45(23)15-18-6-4-17(5-7-18)10-26(47)48;/h8-9,11-14,17-18,23,27H,3-7,10,15-16H2,1-2H3,(H,47,48);1H. The third-order valence-corrected chi connectivity index (χ3v) is 9.13. The Hall–Kier alpha value is -3.76. The van der Waals surface area contributed by atoms with Crippen molar-refractivity contribution in [2.24, 2.45) is 18.9 Å². The van der Waals surface area contributed by atoms with Gasteiger partial charge in [-0.05, 0) is 91.1 Å². The number of aromatic nitrogens is 4. The van der Waals surface area contributed by atoms with E-state index in [9.17, 15) is 49.4 Å². The van der Waals surface area contributed by atoms with Crippen LogP contribution in [-0.4, -0.2) is 50.4 Å². The molecule has 3 aromatic rings. The maximum atomic E-state index is 14.1. The normalized spacial score (nSPS) is 20.8. The van der Waals surface area contributed by atoms with Gasteiger partial charge in [0.2, 0.25) is 5.82 Å². The molecule has 0 saturated heterocycles. The maximum Gasteiger partial charge on any atom is 0.416 e. The Labute approximate surface area is 281 Å². The first-order chi connectivity index (χ1) is 22.3. The summed E-state index contributed by atoms with van der Waals surface area (Å²) in [5.41, 5.74) is -4.48. The number of fused-ring (bicyclic) bond motifs is 1. The van der Waals surface area contributed by atoms with Crippen molar-refractivity contribution in [1.82, 2.24) is 20.2 Å². The summed E-state index contributed by atoms with van der Waals surface area (Å²) in [5, 5.41) is 20.9. The van der Waals surface area contributed by atoms with Gasteiger partial charge >= 0.3 is 24.5 Å². The lowest BCUT2D eigenvalue weighted by Crippen LogP contribution is -2.52. The van der Waals surface area contributed by atoms with Crippen LogP contribution < -0.4 is 9.80 Å². The Morgan fingerprint density at radius 3 is 1.92 bits per heavy atom. The molecule has 1 aliphatic carbocycles. The van der Waals surface area contributed by atoms with E-state index in [2.05, 4.69) is 15.4 Å². The summed E-state index contributed by atoms with van der Waals surface area (Å²) in [6.07, 6.45) is -11.9. The first-order valence-electron chi connectivity index (χ1n) is 15.3. The number of carboxylic acid groups (broad SMARTS) is 1. The van der Waals surface area contributed by atoms with Gasteiger partial charge in [0.15, 0.2) is 0 Å². The van der Waals surface area contributed by atoms with Crippen LogP contribution in [0.3, 0.4) is 0 Å². The molecule has 1 saturated carbocycles. The van der Waals surface area contributed by atoms with E-state index in [4.69, 9.17) is 0 Å². The molecule has 270 valence electrons. The second kappa shape index (κ2) is 14.2. The van der Waals surface area contributed by atoms with Crippen LogP contribution in [0.25, 0.3) is 0 Å². The Bertz CT molecular complexity index is 1590. The van der Waals surface area contributed by atoms with Crippen LogP contribution in [-0.2, 0) is 30.4 Å². The number of aryl methyl sites for hydroxylation is 1. The fourth-order valence-electron chi connectivity index (χ4n) is 6.79. The van der Waals surface area contributed by atoms with Crippen LogP contribution in [0.15, 0.2) is 36.4 Å². The summed E-state index contributed by atoms with van der Waals surface area (Å²) in [5.74, 6) is -1.08. The number of rotatable bonds is 8. The van der Waals surface area contributed by atoms with E-state index in [1.54, 1.807) is 0 Å². The minimum Gasteiger partial charge on any atom is -0.481 e. The van der Waals surface area contributed by atoms with Crippen molar-refractivity contribution < 1.29 is 49.4 Å². The van der Waals surface area contributed by atoms with Gasteiger partial charge in [0.25, 0.3) is 0 Å². The van der Waals surface area contributed by atoms with E-state index < -0.39 is 58.8 Å². The SMILES string of the molecule is CCC1CN(C(c2cc(C(F)(F)F)cc(C(F)(F)F)c2)c2nnn(C)n2)c2cc(C(F)(F)F)ccc2N1CC1CCC(CC(=O)O)CC1.Cl. The topological polar surface area (TPSA) is 87.4 Å². The van der Waals surface area contributed by atoms with Crippen molar-refractivity contribution in [1.29, 1.82) is 0 Å². The summed E-state index contributed by atoms with van der Waals surface area (Å²) in [7, 11) is 1.34.